The van der Waals surface area contributed by atoms with Crippen LogP contribution in [0.3, 0.4) is 0 Å². The van der Waals surface area contributed by atoms with Gasteiger partial charge in [0.25, 0.3) is 0 Å². The third kappa shape index (κ3) is 5.19. The van der Waals surface area contributed by atoms with Crippen molar-refractivity contribution in [2.45, 2.75) is 38.1 Å². The summed E-state index contributed by atoms with van der Waals surface area (Å²) >= 11 is 0. The molecule has 0 radical (unpaired) electrons. The number of carbonyl (C=O) groups excluding carboxylic acids is 2. The summed E-state index contributed by atoms with van der Waals surface area (Å²) in [4.78, 5) is 37.8. The van der Waals surface area contributed by atoms with Gasteiger partial charge in [0.15, 0.2) is 0 Å². The summed E-state index contributed by atoms with van der Waals surface area (Å²) in [6.45, 7) is 0.586. The van der Waals surface area contributed by atoms with Crippen molar-refractivity contribution in [3.8, 4) is 0 Å². The molecule has 2 aromatic carbocycles. The summed E-state index contributed by atoms with van der Waals surface area (Å²) < 4.78 is 0. The molecule has 1 aliphatic heterocycles. The van der Waals surface area contributed by atoms with E-state index in [9.17, 15) is 14.4 Å². The fourth-order valence-electron chi connectivity index (χ4n) is 3.49. The highest BCUT2D eigenvalue weighted by molar-refractivity contribution is 5.97. The predicted molar refractivity (Wildman–Crippen MR) is 106 cm³/mol. The number of anilines is 1. The van der Waals surface area contributed by atoms with E-state index in [0.29, 0.717) is 25.1 Å². The Balaban J connectivity index is 1.62. The first-order valence-corrected chi connectivity index (χ1v) is 9.48. The minimum absolute atomic E-state index is 0.0425. The predicted octanol–water partition coefficient (Wildman–Crippen LogP) is 2.88. The van der Waals surface area contributed by atoms with Crippen LogP contribution in [-0.2, 0) is 27.2 Å². The van der Waals surface area contributed by atoms with Crippen molar-refractivity contribution in [1.82, 2.24) is 4.90 Å². The second-order valence-corrected chi connectivity index (χ2v) is 6.99. The van der Waals surface area contributed by atoms with Crippen molar-refractivity contribution >= 4 is 23.5 Å². The van der Waals surface area contributed by atoms with Crippen LogP contribution in [0.4, 0.5) is 5.69 Å². The van der Waals surface area contributed by atoms with Crippen LogP contribution in [0.2, 0.25) is 0 Å². The second kappa shape index (κ2) is 9.17. The molecule has 1 fully saturated rings. The van der Waals surface area contributed by atoms with Crippen molar-refractivity contribution in [3.05, 3.63) is 65.7 Å². The number of hydrogen-bond donors (Lipinski definition) is 2. The Labute approximate surface area is 164 Å². The number of carboxylic acids is 1. The third-order valence-corrected chi connectivity index (χ3v) is 4.90. The van der Waals surface area contributed by atoms with Gasteiger partial charge in [0.1, 0.15) is 6.04 Å². The van der Waals surface area contributed by atoms with E-state index in [4.69, 9.17) is 5.11 Å². The highest BCUT2D eigenvalue weighted by atomic mass is 16.4. The van der Waals surface area contributed by atoms with Gasteiger partial charge in [0.05, 0.1) is 6.42 Å². The fourth-order valence-corrected chi connectivity index (χ4v) is 3.49. The standard InChI is InChI=1S/C22H24N2O4/c25-20(15-16-6-2-1-3-7-16)24-13-5-10-19(24)22(28)23-18-9-4-8-17(14-18)11-12-21(26)27/h1-4,6-9,14,19H,5,10-13,15H2,(H,23,28)(H,26,27). The smallest absolute Gasteiger partial charge is 0.303 e. The van der Waals surface area contributed by atoms with Crippen LogP contribution in [0, 0.1) is 0 Å². The molecule has 1 atom stereocenters. The molecule has 1 unspecified atom stereocenters. The largest absolute Gasteiger partial charge is 0.481 e. The Bertz CT molecular complexity index is 851. The monoisotopic (exact) mass is 380 g/mol. The van der Waals surface area contributed by atoms with Gasteiger partial charge in [-0.05, 0) is 42.5 Å². The van der Waals surface area contributed by atoms with Gasteiger partial charge in [-0.3, -0.25) is 14.4 Å². The molecular formula is C22H24N2O4. The van der Waals surface area contributed by atoms with Gasteiger partial charge in [-0.1, -0.05) is 42.5 Å². The molecular weight excluding hydrogens is 356 g/mol. The summed E-state index contributed by atoms with van der Waals surface area (Å²) in [5, 5.41) is 11.7. The van der Waals surface area contributed by atoms with Crippen molar-refractivity contribution in [3.63, 3.8) is 0 Å². The van der Waals surface area contributed by atoms with Gasteiger partial charge < -0.3 is 15.3 Å². The van der Waals surface area contributed by atoms with Crippen LogP contribution in [-0.4, -0.2) is 40.4 Å². The lowest BCUT2D eigenvalue weighted by atomic mass is 10.1. The number of benzene rings is 2. The lowest BCUT2D eigenvalue weighted by molar-refractivity contribution is -0.137. The van der Waals surface area contributed by atoms with Gasteiger partial charge >= 0.3 is 5.97 Å². The first-order chi connectivity index (χ1) is 13.5. The van der Waals surface area contributed by atoms with E-state index in [2.05, 4.69) is 5.32 Å². The number of nitrogens with zero attached hydrogens (tertiary/aromatic N) is 1. The maximum Gasteiger partial charge on any atom is 0.303 e. The number of rotatable bonds is 7. The van der Waals surface area contributed by atoms with Crippen LogP contribution in [0.15, 0.2) is 54.6 Å². The molecule has 3 rings (SSSR count). The summed E-state index contributed by atoms with van der Waals surface area (Å²) in [6, 6.07) is 16.2. The first kappa shape index (κ1) is 19.6. The van der Waals surface area contributed by atoms with Crippen LogP contribution in [0.25, 0.3) is 0 Å². The number of amides is 2. The molecule has 146 valence electrons. The van der Waals surface area contributed by atoms with Crippen molar-refractivity contribution in [2.24, 2.45) is 0 Å². The molecule has 0 spiro atoms. The number of hydrogen-bond acceptors (Lipinski definition) is 3. The van der Waals surface area contributed by atoms with E-state index in [1.807, 2.05) is 36.4 Å². The molecule has 0 aromatic heterocycles. The Kier molecular flexibility index (Phi) is 6.42. The fraction of sp³-hybridized carbons (Fsp3) is 0.318. The Morgan fingerprint density at radius 1 is 1.04 bits per heavy atom. The molecule has 1 aliphatic rings. The quantitative estimate of drug-likeness (QED) is 0.773. The van der Waals surface area contributed by atoms with E-state index in [1.54, 1.807) is 23.1 Å². The number of aliphatic carboxylic acids is 1. The molecule has 1 saturated heterocycles. The zero-order chi connectivity index (χ0) is 19.9. The number of aryl methyl sites for hydroxylation is 1. The lowest BCUT2D eigenvalue weighted by Gasteiger charge is -2.24. The van der Waals surface area contributed by atoms with E-state index >= 15 is 0 Å². The lowest BCUT2D eigenvalue weighted by Crippen LogP contribution is -2.43. The van der Waals surface area contributed by atoms with E-state index < -0.39 is 12.0 Å². The Hall–Kier alpha value is -3.15. The highest BCUT2D eigenvalue weighted by Crippen LogP contribution is 2.21. The molecule has 2 aromatic rings. The van der Waals surface area contributed by atoms with E-state index in [-0.39, 0.29) is 24.7 Å². The number of carbonyl (C=O) groups is 3. The molecule has 6 nitrogen and oxygen atoms in total. The first-order valence-electron chi connectivity index (χ1n) is 9.48. The molecule has 1 heterocycles. The summed E-state index contributed by atoms with van der Waals surface area (Å²) in [6.07, 6.45) is 2.18. The third-order valence-electron chi connectivity index (χ3n) is 4.90. The van der Waals surface area contributed by atoms with Gasteiger partial charge in [-0.25, -0.2) is 0 Å². The Morgan fingerprint density at radius 3 is 2.54 bits per heavy atom. The van der Waals surface area contributed by atoms with Crippen LogP contribution >= 0.6 is 0 Å². The van der Waals surface area contributed by atoms with E-state index in [0.717, 1.165) is 17.5 Å². The summed E-state index contributed by atoms with van der Waals surface area (Å²) in [5.41, 5.74) is 2.41. The molecule has 0 bridgehead atoms. The van der Waals surface area contributed by atoms with Gasteiger partial charge in [-0.15, -0.1) is 0 Å². The van der Waals surface area contributed by atoms with Gasteiger partial charge in [0, 0.05) is 18.7 Å². The van der Waals surface area contributed by atoms with Gasteiger partial charge in [0.2, 0.25) is 11.8 Å². The van der Waals surface area contributed by atoms with Crippen LogP contribution < -0.4 is 5.32 Å². The molecule has 6 heteroatoms. The maximum absolute atomic E-state index is 12.8. The summed E-state index contributed by atoms with van der Waals surface area (Å²) in [5.74, 6) is -1.10. The molecule has 2 N–H and O–H groups in total. The average molecular weight is 380 g/mol. The number of carboxylic acid groups (broad SMARTS) is 1. The molecule has 0 saturated carbocycles. The normalized spacial score (nSPS) is 16.0. The maximum atomic E-state index is 12.8. The average Bonchev–Trinajstić information content (AvgIpc) is 3.18. The van der Waals surface area contributed by atoms with Crippen LogP contribution in [0.1, 0.15) is 30.4 Å². The van der Waals surface area contributed by atoms with E-state index in [1.165, 1.54) is 0 Å². The number of likely N-dealkylation sites (tertiary alicyclic amines) is 1. The second-order valence-electron chi connectivity index (χ2n) is 6.99. The highest BCUT2D eigenvalue weighted by Gasteiger charge is 2.33. The molecule has 0 aliphatic carbocycles. The zero-order valence-corrected chi connectivity index (χ0v) is 15.6. The number of nitrogens with one attached hydrogen (secondary N) is 1. The SMILES string of the molecule is O=C(O)CCc1cccc(NC(=O)C2CCCN2C(=O)Cc2ccccc2)c1. The molecule has 28 heavy (non-hydrogen) atoms. The minimum Gasteiger partial charge on any atom is -0.481 e. The van der Waals surface area contributed by atoms with Crippen molar-refractivity contribution in [2.75, 3.05) is 11.9 Å². The minimum atomic E-state index is -0.854. The zero-order valence-electron chi connectivity index (χ0n) is 15.6. The van der Waals surface area contributed by atoms with Crippen LogP contribution in [0.5, 0.6) is 0 Å². The Morgan fingerprint density at radius 2 is 1.79 bits per heavy atom. The summed E-state index contributed by atoms with van der Waals surface area (Å²) in [7, 11) is 0. The van der Waals surface area contributed by atoms with Crippen molar-refractivity contribution in [1.29, 1.82) is 0 Å². The molecule has 2 amide bonds. The van der Waals surface area contributed by atoms with Gasteiger partial charge in [-0.2, -0.15) is 0 Å². The topological polar surface area (TPSA) is 86.7 Å². The van der Waals surface area contributed by atoms with Crippen molar-refractivity contribution < 1.29 is 19.5 Å².